The number of carbonyl (C=O) groups is 1. The molecule has 0 fully saturated rings. The highest BCUT2D eigenvalue weighted by Crippen LogP contribution is 2.22. The topological polar surface area (TPSA) is 49.3 Å². The van der Waals surface area contributed by atoms with Gasteiger partial charge < -0.3 is 10.4 Å². The number of hydrogen-bond acceptors (Lipinski definition) is 3. The lowest BCUT2D eigenvalue weighted by molar-refractivity contribution is -0.144. The van der Waals surface area contributed by atoms with Gasteiger partial charge in [0.2, 0.25) is 0 Å². The second-order valence-corrected chi connectivity index (χ2v) is 6.50. The van der Waals surface area contributed by atoms with E-state index in [-0.39, 0.29) is 0 Å². The van der Waals surface area contributed by atoms with Gasteiger partial charge in [-0.3, -0.25) is 4.79 Å². The lowest BCUT2D eigenvalue weighted by atomic mass is 9.96. The lowest BCUT2D eigenvalue weighted by Gasteiger charge is -2.26. The van der Waals surface area contributed by atoms with Crippen molar-refractivity contribution in [3.05, 3.63) is 29.8 Å². The Hall–Kier alpha value is -1.00. The predicted molar refractivity (Wildman–Crippen MR) is 85.5 cm³/mol. The fourth-order valence-corrected chi connectivity index (χ4v) is 2.96. The van der Waals surface area contributed by atoms with Gasteiger partial charge in [0.05, 0.1) is 0 Å². The lowest BCUT2D eigenvalue weighted by Crippen LogP contribution is -2.49. The van der Waals surface area contributed by atoms with Crippen LogP contribution in [0.1, 0.15) is 38.7 Å². The van der Waals surface area contributed by atoms with Crippen molar-refractivity contribution in [2.75, 3.05) is 12.3 Å². The van der Waals surface area contributed by atoms with Gasteiger partial charge in [-0.05, 0) is 57.5 Å². The third-order valence-corrected chi connectivity index (χ3v) is 4.40. The Balaban J connectivity index is 2.39. The predicted octanol–water partition coefficient (Wildman–Crippen LogP) is 3.71. The van der Waals surface area contributed by atoms with Gasteiger partial charge in [0.15, 0.2) is 0 Å². The minimum Gasteiger partial charge on any atom is -0.480 e. The Morgan fingerprint density at radius 1 is 1.45 bits per heavy atom. The number of aliphatic carboxylic acids is 1. The van der Waals surface area contributed by atoms with E-state index in [9.17, 15) is 9.90 Å². The molecule has 0 saturated carbocycles. The van der Waals surface area contributed by atoms with E-state index in [2.05, 4.69) is 36.5 Å². The molecule has 3 nitrogen and oxygen atoms in total. The summed E-state index contributed by atoms with van der Waals surface area (Å²) in [6, 6.07) is 8.40. The van der Waals surface area contributed by atoms with Crippen LogP contribution in [0.25, 0.3) is 0 Å². The minimum absolute atomic E-state index is 0.654. The summed E-state index contributed by atoms with van der Waals surface area (Å²) in [4.78, 5) is 12.6. The van der Waals surface area contributed by atoms with Crippen LogP contribution < -0.4 is 5.32 Å². The molecule has 1 aromatic carbocycles. The highest BCUT2D eigenvalue weighted by Gasteiger charge is 2.31. The molecule has 1 unspecified atom stereocenters. The first-order valence-corrected chi connectivity index (χ1v) is 8.14. The van der Waals surface area contributed by atoms with Crippen molar-refractivity contribution in [1.82, 2.24) is 5.32 Å². The van der Waals surface area contributed by atoms with Crippen molar-refractivity contribution in [3.8, 4) is 0 Å². The number of carboxylic acids is 1. The van der Waals surface area contributed by atoms with E-state index in [1.807, 2.05) is 6.92 Å². The highest BCUT2D eigenvalue weighted by atomic mass is 32.2. The monoisotopic (exact) mass is 295 g/mol. The third-order valence-electron chi connectivity index (χ3n) is 3.32. The summed E-state index contributed by atoms with van der Waals surface area (Å²) in [6.07, 6.45) is 2.49. The van der Waals surface area contributed by atoms with E-state index >= 15 is 0 Å². The second-order valence-electron chi connectivity index (χ2n) is 5.33. The van der Waals surface area contributed by atoms with Crippen molar-refractivity contribution in [2.24, 2.45) is 0 Å². The molecule has 0 heterocycles. The molecule has 0 spiro atoms. The highest BCUT2D eigenvalue weighted by molar-refractivity contribution is 7.99. The maximum Gasteiger partial charge on any atom is 0.323 e. The average molecular weight is 295 g/mol. The Morgan fingerprint density at radius 2 is 2.20 bits per heavy atom. The molecule has 0 aliphatic carbocycles. The molecule has 20 heavy (non-hydrogen) atoms. The summed E-state index contributed by atoms with van der Waals surface area (Å²) in [5.74, 6) is 0.187. The zero-order chi connectivity index (χ0) is 15.0. The smallest absolute Gasteiger partial charge is 0.323 e. The SMILES string of the molecule is CCCNC(C)(CCCSc1cccc(C)c1)C(=O)O. The Bertz CT molecular complexity index is 436. The van der Waals surface area contributed by atoms with Crippen LogP contribution >= 0.6 is 11.8 Å². The molecule has 0 amide bonds. The molecule has 0 aliphatic heterocycles. The first-order chi connectivity index (χ1) is 9.48. The van der Waals surface area contributed by atoms with Crippen molar-refractivity contribution in [3.63, 3.8) is 0 Å². The van der Waals surface area contributed by atoms with Crippen LogP contribution in [0.2, 0.25) is 0 Å². The van der Waals surface area contributed by atoms with Crippen LogP contribution in [-0.4, -0.2) is 28.9 Å². The van der Waals surface area contributed by atoms with Gasteiger partial charge in [0.1, 0.15) is 5.54 Å². The standard InChI is InChI=1S/C16H25NO2S/c1-4-10-17-16(3,15(18)19)9-6-11-20-14-8-5-7-13(2)12-14/h5,7-8,12,17H,4,6,9-11H2,1-3H3,(H,18,19). The number of hydrogen-bond donors (Lipinski definition) is 2. The molecule has 2 N–H and O–H groups in total. The second kappa shape index (κ2) is 8.32. The molecule has 0 saturated heterocycles. The summed E-state index contributed by atoms with van der Waals surface area (Å²) in [7, 11) is 0. The van der Waals surface area contributed by atoms with Crippen LogP contribution in [0.15, 0.2) is 29.2 Å². The van der Waals surface area contributed by atoms with E-state index in [0.29, 0.717) is 6.42 Å². The minimum atomic E-state index is -0.802. The molecule has 112 valence electrons. The summed E-state index contributed by atoms with van der Waals surface area (Å²) in [5.41, 5.74) is 0.457. The van der Waals surface area contributed by atoms with Crippen molar-refractivity contribution in [1.29, 1.82) is 0 Å². The van der Waals surface area contributed by atoms with Gasteiger partial charge in [-0.2, -0.15) is 0 Å². The van der Waals surface area contributed by atoms with Crippen molar-refractivity contribution in [2.45, 2.75) is 50.5 Å². The van der Waals surface area contributed by atoms with Crippen LogP contribution in [0.4, 0.5) is 0 Å². The van der Waals surface area contributed by atoms with E-state index in [1.54, 1.807) is 18.7 Å². The maximum atomic E-state index is 11.4. The molecular weight excluding hydrogens is 270 g/mol. The van der Waals surface area contributed by atoms with Crippen molar-refractivity contribution < 1.29 is 9.90 Å². The molecule has 0 aliphatic rings. The van der Waals surface area contributed by atoms with Gasteiger partial charge in [0.25, 0.3) is 0 Å². The number of aryl methyl sites for hydroxylation is 1. The fourth-order valence-electron chi connectivity index (χ4n) is 1.99. The summed E-state index contributed by atoms with van der Waals surface area (Å²) < 4.78 is 0. The van der Waals surface area contributed by atoms with Crippen LogP contribution in [0.5, 0.6) is 0 Å². The van der Waals surface area contributed by atoms with Crippen molar-refractivity contribution >= 4 is 17.7 Å². The number of rotatable bonds is 9. The molecule has 1 atom stereocenters. The van der Waals surface area contributed by atoms with Gasteiger partial charge in [-0.1, -0.05) is 24.6 Å². The maximum absolute atomic E-state index is 11.4. The Morgan fingerprint density at radius 3 is 2.80 bits per heavy atom. The summed E-state index contributed by atoms with van der Waals surface area (Å²) in [5, 5.41) is 12.5. The van der Waals surface area contributed by atoms with E-state index in [0.717, 1.165) is 25.1 Å². The normalized spacial score (nSPS) is 13.9. The zero-order valence-electron chi connectivity index (χ0n) is 12.6. The first-order valence-electron chi connectivity index (χ1n) is 7.16. The molecular formula is C16H25NO2S. The number of thioether (sulfide) groups is 1. The molecule has 1 aromatic rings. The third kappa shape index (κ3) is 5.55. The van der Waals surface area contributed by atoms with Crippen LogP contribution in [0.3, 0.4) is 0 Å². The van der Waals surface area contributed by atoms with Gasteiger partial charge >= 0.3 is 5.97 Å². The first kappa shape index (κ1) is 17.1. The molecule has 1 rings (SSSR count). The molecule has 0 bridgehead atoms. The largest absolute Gasteiger partial charge is 0.480 e. The van der Waals surface area contributed by atoms with Gasteiger partial charge in [-0.25, -0.2) is 0 Å². The van der Waals surface area contributed by atoms with Crippen LogP contribution in [-0.2, 0) is 4.79 Å². The molecule has 0 radical (unpaired) electrons. The molecule has 0 aromatic heterocycles. The number of carboxylic acid groups (broad SMARTS) is 1. The number of nitrogens with one attached hydrogen (secondary N) is 1. The van der Waals surface area contributed by atoms with E-state index < -0.39 is 11.5 Å². The van der Waals surface area contributed by atoms with E-state index in [4.69, 9.17) is 0 Å². The quantitative estimate of drug-likeness (QED) is 0.538. The average Bonchev–Trinajstić information content (AvgIpc) is 2.41. The van der Waals surface area contributed by atoms with Gasteiger partial charge in [-0.15, -0.1) is 11.8 Å². The summed E-state index contributed by atoms with van der Waals surface area (Å²) in [6.45, 7) is 6.65. The Kier molecular flexibility index (Phi) is 7.10. The Labute approximate surface area is 126 Å². The van der Waals surface area contributed by atoms with Crippen LogP contribution in [0, 0.1) is 6.92 Å². The summed E-state index contributed by atoms with van der Waals surface area (Å²) >= 11 is 1.79. The zero-order valence-corrected chi connectivity index (χ0v) is 13.4. The van der Waals surface area contributed by atoms with Gasteiger partial charge in [0, 0.05) is 4.90 Å². The van der Waals surface area contributed by atoms with E-state index in [1.165, 1.54) is 10.5 Å². The fraction of sp³-hybridized carbons (Fsp3) is 0.562. The molecule has 4 heteroatoms. The number of benzene rings is 1.